The minimum absolute atomic E-state index is 0.00176. The number of rotatable bonds is 2. The van der Waals surface area contributed by atoms with Crippen molar-refractivity contribution >= 4 is 53.0 Å². The summed E-state index contributed by atoms with van der Waals surface area (Å²) < 4.78 is 4.72. The quantitative estimate of drug-likeness (QED) is 0.489. The van der Waals surface area contributed by atoms with Gasteiger partial charge in [-0.25, -0.2) is 4.79 Å². The molecule has 0 unspecified atom stereocenters. The first-order chi connectivity index (χ1) is 5.70. The minimum atomic E-state index is -0.608. The van der Waals surface area contributed by atoms with Crippen LogP contribution in [0.25, 0.3) is 0 Å². The van der Waals surface area contributed by atoms with Crippen molar-refractivity contribution in [3.8, 4) is 0 Å². The van der Waals surface area contributed by atoms with Crippen molar-refractivity contribution in [1.82, 2.24) is 0 Å². The molecule has 5 heteroatoms. The molecule has 1 aliphatic rings. The maximum atomic E-state index is 11.2. The first-order valence-electron chi connectivity index (χ1n) is 4.02. The third-order valence-electron chi connectivity index (χ3n) is 1.96. The third-order valence-corrected chi connectivity index (χ3v) is 4.70. The Balaban J connectivity index is 2.24. The molecule has 0 aliphatic heterocycles. The fraction of sp³-hybridized carbons (Fsp3) is 0.857. The summed E-state index contributed by atoms with van der Waals surface area (Å²) in [7, 11) is 0. The molecule has 2 nitrogen and oxygen atoms in total. The summed E-state index contributed by atoms with van der Waals surface area (Å²) >= 11 is 4.28. The van der Waals surface area contributed by atoms with Crippen molar-refractivity contribution < 1.29 is 9.53 Å². The second-order valence-electron chi connectivity index (χ2n) is 2.88. The lowest BCUT2D eigenvalue weighted by molar-refractivity contribution is 0.0964. The topological polar surface area (TPSA) is 26.3 Å². The predicted molar refractivity (Wildman–Crippen MR) is 68.3 cm³/mol. The van der Waals surface area contributed by atoms with Gasteiger partial charge >= 0.3 is 5.71 Å². The van der Waals surface area contributed by atoms with Crippen LogP contribution >= 0.6 is 47.3 Å². The van der Waals surface area contributed by atoms with Gasteiger partial charge in [-0.05, 0) is 69.8 Å². The molecule has 0 spiro atoms. The van der Waals surface area contributed by atoms with Gasteiger partial charge in [0, 0.05) is 0 Å². The van der Waals surface area contributed by atoms with E-state index in [4.69, 9.17) is 4.74 Å². The third kappa shape index (κ3) is 4.05. The van der Waals surface area contributed by atoms with Gasteiger partial charge in [0.15, 0.2) is 0 Å². The van der Waals surface area contributed by atoms with E-state index in [0.29, 0.717) is 0 Å². The maximum absolute atomic E-state index is 11.2. The maximum Gasteiger partial charge on any atom is 0.347 e. The molecule has 0 saturated heterocycles. The van der Waals surface area contributed by atoms with Crippen LogP contribution < -0.4 is 0 Å². The standard InChI is InChI=1S/C7H11I2O2P/c8-12(9)7(10)11-6-4-2-1-3-5-6/h6H,1-5H2. The van der Waals surface area contributed by atoms with Gasteiger partial charge in [0.1, 0.15) is 9.31 Å². The molecule has 0 aromatic heterocycles. The van der Waals surface area contributed by atoms with Crippen molar-refractivity contribution in [3.05, 3.63) is 0 Å². The number of carbonyl (C=O) groups excluding carboxylic acids is 1. The Kier molecular flexibility index (Phi) is 5.68. The fourth-order valence-electron chi connectivity index (χ4n) is 1.37. The highest BCUT2D eigenvalue weighted by molar-refractivity contribution is 14.3. The van der Waals surface area contributed by atoms with E-state index in [-0.39, 0.29) is 11.8 Å². The van der Waals surface area contributed by atoms with Crippen LogP contribution in [-0.2, 0) is 4.74 Å². The van der Waals surface area contributed by atoms with Gasteiger partial charge < -0.3 is 4.74 Å². The fourth-order valence-corrected chi connectivity index (χ4v) is 2.28. The second-order valence-corrected chi connectivity index (χ2v) is 15.0. The van der Waals surface area contributed by atoms with Crippen molar-refractivity contribution in [2.24, 2.45) is 0 Å². The van der Waals surface area contributed by atoms with Gasteiger partial charge in [-0.2, -0.15) is 0 Å². The lowest BCUT2D eigenvalue weighted by atomic mass is 9.98. The van der Waals surface area contributed by atoms with E-state index < -0.39 is 3.21 Å². The summed E-state index contributed by atoms with van der Waals surface area (Å²) in [6, 6.07) is 0. The predicted octanol–water partition coefficient (Wildman–Crippen LogP) is 4.64. The van der Waals surface area contributed by atoms with Crippen LogP contribution in [-0.4, -0.2) is 11.8 Å². The normalized spacial score (nSPS) is 19.6. The van der Waals surface area contributed by atoms with Crippen molar-refractivity contribution in [2.75, 3.05) is 0 Å². The molecule has 1 aliphatic carbocycles. The molecule has 0 bridgehead atoms. The molecular weight excluding hydrogens is 401 g/mol. The first kappa shape index (κ1) is 11.4. The van der Waals surface area contributed by atoms with Gasteiger partial charge in [0.05, 0.1) is 0 Å². The SMILES string of the molecule is O=C(OC1CCCCC1)P(I)I. The molecule has 0 atom stereocenters. The van der Waals surface area contributed by atoms with E-state index in [2.05, 4.69) is 44.1 Å². The summed E-state index contributed by atoms with van der Waals surface area (Å²) in [4.78, 5) is 11.2. The molecule has 1 fully saturated rings. The second kappa shape index (κ2) is 5.96. The Bertz CT molecular complexity index is 157. The van der Waals surface area contributed by atoms with Gasteiger partial charge in [-0.15, -0.1) is 0 Å². The molecule has 1 rings (SSSR count). The Morgan fingerprint density at radius 2 is 1.83 bits per heavy atom. The monoisotopic (exact) mass is 412 g/mol. The van der Waals surface area contributed by atoms with E-state index >= 15 is 0 Å². The van der Waals surface area contributed by atoms with E-state index in [1.807, 2.05) is 0 Å². The van der Waals surface area contributed by atoms with Crippen molar-refractivity contribution in [2.45, 2.75) is 38.2 Å². The van der Waals surface area contributed by atoms with E-state index in [0.717, 1.165) is 12.8 Å². The van der Waals surface area contributed by atoms with E-state index in [1.54, 1.807) is 0 Å². The van der Waals surface area contributed by atoms with Crippen molar-refractivity contribution in [1.29, 1.82) is 0 Å². The molecule has 0 radical (unpaired) electrons. The lowest BCUT2D eigenvalue weighted by Crippen LogP contribution is -2.18. The molecule has 0 aromatic rings. The molecule has 0 heterocycles. The van der Waals surface area contributed by atoms with Gasteiger partial charge in [0.25, 0.3) is 0 Å². The summed E-state index contributed by atoms with van der Waals surface area (Å²) in [6.45, 7) is 0. The largest absolute Gasteiger partial charge is 0.458 e. The zero-order valence-electron chi connectivity index (χ0n) is 6.63. The van der Waals surface area contributed by atoms with Gasteiger partial charge in [0.2, 0.25) is 0 Å². The molecule has 1 saturated carbocycles. The minimum Gasteiger partial charge on any atom is -0.458 e. The Morgan fingerprint density at radius 3 is 2.33 bits per heavy atom. The molecule has 0 amide bonds. The molecule has 70 valence electrons. The number of carbonyl (C=O) groups is 1. The highest BCUT2D eigenvalue weighted by Gasteiger charge is 2.20. The molecule has 12 heavy (non-hydrogen) atoms. The summed E-state index contributed by atoms with van der Waals surface area (Å²) in [6.07, 6.45) is 6.11. The highest BCUT2D eigenvalue weighted by atomic mass is 127. The highest BCUT2D eigenvalue weighted by Crippen LogP contribution is 2.55. The smallest absolute Gasteiger partial charge is 0.347 e. The number of ether oxygens (including phenoxy) is 1. The number of hydrogen-bond donors (Lipinski definition) is 0. The Hall–Kier alpha value is 1.36. The zero-order valence-corrected chi connectivity index (χ0v) is 11.8. The van der Waals surface area contributed by atoms with Crippen LogP contribution in [0.5, 0.6) is 0 Å². The lowest BCUT2D eigenvalue weighted by Gasteiger charge is -2.21. The summed E-state index contributed by atoms with van der Waals surface area (Å²) in [5.74, 6) is 0. The molecular formula is C7H11I2O2P. The zero-order chi connectivity index (χ0) is 8.97. The van der Waals surface area contributed by atoms with Gasteiger partial charge in [-0.1, -0.05) is 6.42 Å². The van der Waals surface area contributed by atoms with Crippen LogP contribution in [0.4, 0.5) is 4.79 Å². The van der Waals surface area contributed by atoms with E-state index in [1.165, 1.54) is 19.3 Å². The Labute approximate surface area is 99.9 Å². The average Bonchev–Trinajstić information content (AvgIpc) is 2.06. The number of halogens is 2. The van der Waals surface area contributed by atoms with Crippen LogP contribution in [0, 0.1) is 0 Å². The molecule has 0 aromatic carbocycles. The van der Waals surface area contributed by atoms with Crippen LogP contribution in [0.1, 0.15) is 32.1 Å². The summed E-state index contributed by atoms with van der Waals surface area (Å²) in [5.41, 5.74) is -0.00176. The van der Waals surface area contributed by atoms with E-state index in [9.17, 15) is 4.79 Å². The first-order valence-corrected chi connectivity index (χ1v) is 10.9. The number of hydrogen-bond acceptors (Lipinski definition) is 2. The van der Waals surface area contributed by atoms with Crippen LogP contribution in [0.15, 0.2) is 0 Å². The van der Waals surface area contributed by atoms with Crippen LogP contribution in [0.3, 0.4) is 0 Å². The Morgan fingerprint density at radius 1 is 1.25 bits per heavy atom. The van der Waals surface area contributed by atoms with Crippen LogP contribution in [0.2, 0.25) is 0 Å². The molecule has 0 N–H and O–H groups in total. The average molecular weight is 412 g/mol. The summed E-state index contributed by atoms with van der Waals surface area (Å²) in [5, 5.41) is 0. The van der Waals surface area contributed by atoms with Gasteiger partial charge in [-0.3, -0.25) is 0 Å². The van der Waals surface area contributed by atoms with Crippen molar-refractivity contribution in [3.63, 3.8) is 0 Å².